The fourth-order valence-electron chi connectivity index (χ4n) is 0.550. The zero-order valence-corrected chi connectivity index (χ0v) is 4.93. The smallest absolute Gasteiger partial charge is 0.195 e. The van der Waals surface area contributed by atoms with Gasteiger partial charge in [0.05, 0.1) is 5.56 Å². The molecule has 0 unspecified atom stereocenters. The van der Waals surface area contributed by atoms with Gasteiger partial charge in [-0.1, -0.05) is 0 Å². The Bertz CT molecular complexity index is 305. The summed E-state index contributed by atoms with van der Waals surface area (Å²) in [6.07, 6.45) is 1.41. The minimum atomic E-state index is -0.740. The minimum Gasteiger partial charge on any atom is -0.338 e. The first-order valence-electron chi connectivity index (χ1n) is 2.57. The molecule has 10 heavy (non-hydrogen) atoms. The molecule has 1 aromatic rings. The lowest BCUT2D eigenvalue weighted by atomic mass is 10.3. The molecule has 1 heterocycles. The Hall–Kier alpha value is -1.45. The fraction of sp³-hybridized carbons (Fsp3) is 0. The first kappa shape index (κ1) is 6.67. The molecule has 0 atom stereocenters. The van der Waals surface area contributed by atoms with E-state index in [2.05, 4.69) is 4.98 Å². The van der Waals surface area contributed by atoms with Gasteiger partial charge in [-0.05, 0) is 0 Å². The van der Waals surface area contributed by atoms with E-state index in [-0.39, 0.29) is 5.56 Å². The lowest BCUT2D eigenvalue weighted by Crippen LogP contribution is -2.07. The molecule has 0 fully saturated rings. The van der Waals surface area contributed by atoms with Crippen LogP contribution in [0.1, 0.15) is 10.4 Å². The van der Waals surface area contributed by atoms with Crippen LogP contribution in [0.4, 0.5) is 4.39 Å². The molecule has 1 aromatic heterocycles. The van der Waals surface area contributed by atoms with Crippen molar-refractivity contribution in [2.24, 2.45) is 0 Å². The van der Waals surface area contributed by atoms with Crippen LogP contribution in [-0.4, -0.2) is 11.3 Å². The molecule has 0 aliphatic rings. The molecule has 3 nitrogen and oxygen atoms in total. The van der Waals surface area contributed by atoms with Gasteiger partial charge in [-0.3, -0.25) is 9.59 Å². The van der Waals surface area contributed by atoms with Crippen molar-refractivity contribution in [2.45, 2.75) is 0 Å². The van der Waals surface area contributed by atoms with Gasteiger partial charge in [-0.25, -0.2) is 0 Å². The molecule has 1 rings (SSSR count). The highest BCUT2D eigenvalue weighted by Crippen LogP contribution is 1.86. The second kappa shape index (κ2) is 2.43. The van der Waals surface area contributed by atoms with Crippen LogP contribution in [0.2, 0.25) is 0 Å². The Morgan fingerprint density at radius 1 is 1.60 bits per heavy atom. The largest absolute Gasteiger partial charge is 0.338 e. The molecule has 0 spiro atoms. The molecule has 0 amide bonds. The number of pyridine rings is 1. The maximum Gasteiger partial charge on any atom is 0.195 e. The number of aromatic nitrogens is 1. The van der Waals surface area contributed by atoms with E-state index in [1.807, 2.05) is 0 Å². The predicted octanol–water partition coefficient (Wildman–Crippen LogP) is 0.326. The van der Waals surface area contributed by atoms with Gasteiger partial charge >= 0.3 is 0 Å². The molecular formula is C6H4FNO2. The van der Waals surface area contributed by atoms with E-state index < -0.39 is 11.4 Å². The highest BCUT2D eigenvalue weighted by Gasteiger charge is 1.96. The number of hydrogen-bond donors (Lipinski definition) is 1. The van der Waals surface area contributed by atoms with Crippen LogP contribution in [0.25, 0.3) is 0 Å². The Morgan fingerprint density at radius 2 is 2.30 bits per heavy atom. The van der Waals surface area contributed by atoms with E-state index in [1.54, 1.807) is 0 Å². The molecular weight excluding hydrogens is 137 g/mol. The number of halogens is 1. The Kier molecular flexibility index (Phi) is 1.62. The minimum absolute atomic E-state index is 0.0681. The summed E-state index contributed by atoms with van der Waals surface area (Å²) in [5.41, 5.74) is -0.673. The van der Waals surface area contributed by atoms with E-state index in [0.29, 0.717) is 6.29 Å². The number of hydrogen-bond acceptors (Lipinski definition) is 2. The number of carbonyl (C=O) groups excluding carboxylic acids is 1. The summed E-state index contributed by atoms with van der Waals surface area (Å²) in [4.78, 5) is 22.7. The van der Waals surface area contributed by atoms with Gasteiger partial charge in [0.25, 0.3) is 0 Å². The number of nitrogens with one attached hydrogen (secondary N) is 1. The molecule has 0 aliphatic carbocycles. The van der Waals surface area contributed by atoms with Gasteiger partial charge in [0.2, 0.25) is 0 Å². The summed E-state index contributed by atoms with van der Waals surface area (Å²) < 4.78 is 12.1. The van der Waals surface area contributed by atoms with Crippen molar-refractivity contribution in [3.05, 3.63) is 34.0 Å². The highest BCUT2D eigenvalue weighted by atomic mass is 19.1. The van der Waals surface area contributed by atoms with Crippen molar-refractivity contribution in [1.82, 2.24) is 4.98 Å². The number of aromatic amines is 1. The van der Waals surface area contributed by atoms with Gasteiger partial charge in [0, 0.05) is 12.3 Å². The van der Waals surface area contributed by atoms with E-state index in [9.17, 15) is 14.0 Å². The van der Waals surface area contributed by atoms with Crippen LogP contribution in [0.15, 0.2) is 17.1 Å². The number of aldehydes is 1. The molecule has 4 heteroatoms. The summed E-state index contributed by atoms with van der Waals surface area (Å²) in [7, 11) is 0. The van der Waals surface area contributed by atoms with Crippen molar-refractivity contribution in [3.63, 3.8) is 0 Å². The molecule has 0 aromatic carbocycles. The van der Waals surface area contributed by atoms with Crippen molar-refractivity contribution in [2.75, 3.05) is 0 Å². The van der Waals surface area contributed by atoms with Gasteiger partial charge in [-0.2, -0.15) is 4.39 Å². The second-order valence-corrected chi connectivity index (χ2v) is 1.72. The molecule has 0 saturated heterocycles. The third kappa shape index (κ3) is 1.10. The first-order chi connectivity index (χ1) is 4.74. The van der Waals surface area contributed by atoms with Crippen LogP contribution in [0, 0.1) is 5.95 Å². The second-order valence-electron chi connectivity index (χ2n) is 1.72. The molecule has 0 saturated carbocycles. The number of H-pyrrole nitrogens is 1. The third-order valence-corrected chi connectivity index (χ3v) is 1.03. The normalized spacial score (nSPS) is 9.30. The van der Waals surface area contributed by atoms with E-state index >= 15 is 0 Å². The Balaban J connectivity index is 3.33. The summed E-state index contributed by atoms with van der Waals surface area (Å²) in [5, 5.41) is 0. The van der Waals surface area contributed by atoms with E-state index in [1.165, 1.54) is 0 Å². The van der Waals surface area contributed by atoms with Gasteiger partial charge in [0.15, 0.2) is 17.7 Å². The van der Waals surface area contributed by atoms with E-state index in [4.69, 9.17) is 0 Å². The molecule has 0 bridgehead atoms. The van der Waals surface area contributed by atoms with Crippen molar-refractivity contribution < 1.29 is 9.18 Å². The predicted molar refractivity (Wildman–Crippen MR) is 32.4 cm³/mol. The lowest BCUT2D eigenvalue weighted by Gasteiger charge is -1.87. The first-order valence-corrected chi connectivity index (χ1v) is 2.57. The maximum absolute atomic E-state index is 12.1. The topological polar surface area (TPSA) is 49.9 Å². The molecule has 0 radical (unpaired) electrons. The molecule has 0 aliphatic heterocycles. The lowest BCUT2D eigenvalue weighted by molar-refractivity contribution is 0.112. The van der Waals surface area contributed by atoms with Crippen LogP contribution >= 0.6 is 0 Å². The van der Waals surface area contributed by atoms with Gasteiger partial charge in [-0.15, -0.1) is 0 Å². The summed E-state index contributed by atoms with van der Waals surface area (Å²) in [6, 6.07) is 0.726. The van der Waals surface area contributed by atoms with Crippen LogP contribution in [0.5, 0.6) is 0 Å². The number of rotatable bonds is 1. The highest BCUT2D eigenvalue weighted by molar-refractivity contribution is 5.73. The molecule has 52 valence electrons. The summed E-state index contributed by atoms with van der Waals surface area (Å²) in [5.74, 6) is -0.740. The van der Waals surface area contributed by atoms with Crippen molar-refractivity contribution in [3.8, 4) is 0 Å². The van der Waals surface area contributed by atoms with Crippen LogP contribution < -0.4 is 5.43 Å². The van der Waals surface area contributed by atoms with Crippen LogP contribution in [0.3, 0.4) is 0 Å². The average Bonchev–Trinajstić information content (AvgIpc) is 1.88. The Morgan fingerprint density at radius 3 is 2.80 bits per heavy atom. The maximum atomic E-state index is 12.1. The van der Waals surface area contributed by atoms with Crippen molar-refractivity contribution >= 4 is 6.29 Å². The third-order valence-electron chi connectivity index (χ3n) is 1.03. The quantitative estimate of drug-likeness (QED) is 0.452. The monoisotopic (exact) mass is 141 g/mol. The van der Waals surface area contributed by atoms with Gasteiger partial charge < -0.3 is 4.98 Å². The van der Waals surface area contributed by atoms with Crippen LogP contribution in [-0.2, 0) is 0 Å². The Labute approximate surface area is 55.5 Å². The number of carbonyl (C=O) groups is 1. The summed E-state index contributed by atoms with van der Waals surface area (Å²) >= 11 is 0. The van der Waals surface area contributed by atoms with Crippen molar-refractivity contribution in [1.29, 1.82) is 0 Å². The zero-order chi connectivity index (χ0) is 7.56. The average molecular weight is 141 g/mol. The SMILES string of the molecule is O=Cc1c[nH]c(F)cc1=O. The molecule has 1 N–H and O–H groups in total. The summed E-state index contributed by atoms with van der Waals surface area (Å²) in [6.45, 7) is 0. The van der Waals surface area contributed by atoms with E-state index in [0.717, 1.165) is 12.3 Å². The standard InChI is InChI=1S/C6H4FNO2/c7-6-1-5(10)4(3-9)2-8-6/h1-3H,(H,8,10). The zero-order valence-electron chi connectivity index (χ0n) is 4.93. The fourth-order valence-corrected chi connectivity index (χ4v) is 0.550. The van der Waals surface area contributed by atoms with Gasteiger partial charge in [0.1, 0.15) is 0 Å².